The van der Waals surface area contributed by atoms with E-state index in [-0.39, 0.29) is 12.3 Å². The molecular weight excluding hydrogens is 252 g/mol. The van der Waals surface area contributed by atoms with Gasteiger partial charge in [0.15, 0.2) is 0 Å². The Morgan fingerprint density at radius 1 is 1.50 bits per heavy atom. The average molecular weight is 270 g/mol. The summed E-state index contributed by atoms with van der Waals surface area (Å²) in [6, 6.07) is -0.976. The molecule has 0 aromatic rings. The highest BCUT2D eigenvalue weighted by Gasteiger charge is 2.20. The van der Waals surface area contributed by atoms with Crippen LogP contribution in [0.25, 0.3) is 0 Å². The van der Waals surface area contributed by atoms with Gasteiger partial charge in [0.1, 0.15) is 6.04 Å². The summed E-state index contributed by atoms with van der Waals surface area (Å²) < 4.78 is 0. The maximum Gasteiger partial charge on any atom is 0.327 e. The smallest absolute Gasteiger partial charge is 0.327 e. The molecule has 0 radical (unpaired) electrons. The molecule has 6 heteroatoms. The molecule has 0 saturated carbocycles. The monoisotopic (exact) mass is 270 g/mol. The van der Waals surface area contributed by atoms with Crippen LogP contribution in [0.1, 0.15) is 19.3 Å². The summed E-state index contributed by atoms with van der Waals surface area (Å²) in [6.07, 6.45) is 7.16. The van der Waals surface area contributed by atoms with Crippen LogP contribution in [-0.4, -0.2) is 47.1 Å². The van der Waals surface area contributed by atoms with E-state index in [1.807, 2.05) is 0 Å². The van der Waals surface area contributed by atoms with Gasteiger partial charge < -0.3 is 15.7 Å². The van der Waals surface area contributed by atoms with E-state index >= 15 is 0 Å². The first-order chi connectivity index (χ1) is 8.63. The largest absolute Gasteiger partial charge is 0.480 e. The van der Waals surface area contributed by atoms with Gasteiger partial charge in [-0.15, -0.1) is 24.1 Å². The number of nitrogens with one attached hydrogen (secondary N) is 2. The number of carbonyl (C=O) groups is 2. The predicted molar refractivity (Wildman–Crippen MR) is 71.4 cm³/mol. The van der Waals surface area contributed by atoms with Crippen LogP contribution in [0, 0.1) is 12.3 Å². The molecule has 0 bridgehead atoms. The van der Waals surface area contributed by atoms with Crippen molar-refractivity contribution in [3.63, 3.8) is 0 Å². The Hall–Kier alpha value is -1.19. The second-order valence-corrected chi connectivity index (χ2v) is 5.42. The fourth-order valence-corrected chi connectivity index (χ4v) is 2.75. The van der Waals surface area contributed by atoms with Crippen molar-refractivity contribution in [1.29, 1.82) is 0 Å². The van der Waals surface area contributed by atoms with Gasteiger partial charge in [0.2, 0.25) is 5.91 Å². The number of carboxylic acids is 1. The van der Waals surface area contributed by atoms with Crippen molar-refractivity contribution in [1.82, 2.24) is 10.6 Å². The SMILES string of the molecule is C#CCC(NC(=O)CSC1CCNCC1)C(=O)O. The second kappa shape index (κ2) is 8.01. The van der Waals surface area contributed by atoms with Crippen LogP contribution in [-0.2, 0) is 9.59 Å². The highest BCUT2D eigenvalue weighted by atomic mass is 32.2. The maximum absolute atomic E-state index is 11.6. The lowest BCUT2D eigenvalue weighted by atomic mass is 10.2. The van der Waals surface area contributed by atoms with E-state index in [0.29, 0.717) is 11.0 Å². The molecule has 1 aliphatic rings. The molecule has 1 unspecified atom stereocenters. The summed E-state index contributed by atoms with van der Waals surface area (Å²) in [5.41, 5.74) is 0. The van der Waals surface area contributed by atoms with Crippen molar-refractivity contribution in [3.8, 4) is 12.3 Å². The lowest BCUT2D eigenvalue weighted by molar-refractivity contribution is -0.141. The molecule has 0 aliphatic carbocycles. The fourth-order valence-electron chi connectivity index (χ4n) is 1.71. The van der Waals surface area contributed by atoms with Gasteiger partial charge in [-0.2, -0.15) is 0 Å². The van der Waals surface area contributed by atoms with E-state index in [1.165, 1.54) is 0 Å². The Bertz CT molecular complexity index is 335. The number of terminal acetylenes is 1. The molecule has 5 nitrogen and oxygen atoms in total. The van der Waals surface area contributed by atoms with Crippen molar-refractivity contribution in [2.24, 2.45) is 0 Å². The van der Waals surface area contributed by atoms with E-state index in [9.17, 15) is 9.59 Å². The minimum Gasteiger partial charge on any atom is -0.480 e. The molecule has 1 aliphatic heterocycles. The molecule has 18 heavy (non-hydrogen) atoms. The van der Waals surface area contributed by atoms with Gasteiger partial charge in [-0.3, -0.25) is 4.79 Å². The molecule has 1 saturated heterocycles. The standard InChI is InChI=1S/C12H18N2O3S/c1-2-3-10(12(16)17)14-11(15)8-18-9-4-6-13-7-5-9/h1,9-10,13H,3-8H2,(H,14,15)(H,16,17). The fraction of sp³-hybridized carbons (Fsp3) is 0.667. The van der Waals surface area contributed by atoms with Gasteiger partial charge in [-0.25, -0.2) is 4.79 Å². The molecule has 0 aromatic heterocycles. The Labute approximate surface area is 111 Å². The number of carbonyl (C=O) groups excluding carboxylic acids is 1. The highest BCUT2D eigenvalue weighted by Crippen LogP contribution is 2.19. The van der Waals surface area contributed by atoms with Crippen molar-refractivity contribution >= 4 is 23.6 Å². The van der Waals surface area contributed by atoms with Crippen molar-refractivity contribution in [2.45, 2.75) is 30.6 Å². The van der Waals surface area contributed by atoms with Crippen LogP contribution in [0.2, 0.25) is 0 Å². The number of piperidine rings is 1. The minimum absolute atomic E-state index is 0.0130. The zero-order valence-corrected chi connectivity index (χ0v) is 11.0. The van der Waals surface area contributed by atoms with Gasteiger partial charge in [0.25, 0.3) is 0 Å². The topological polar surface area (TPSA) is 78.4 Å². The second-order valence-electron chi connectivity index (χ2n) is 4.13. The molecule has 1 heterocycles. The summed E-state index contributed by atoms with van der Waals surface area (Å²) >= 11 is 1.58. The normalized spacial score (nSPS) is 17.7. The van der Waals surface area contributed by atoms with E-state index < -0.39 is 12.0 Å². The molecular formula is C12H18N2O3S. The number of hydrogen-bond donors (Lipinski definition) is 3. The van der Waals surface area contributed by atoms with Gasteiger partial charge in [0.05, 0.1) is 5.75 Å². The lowest BCUT2D eigenvalue weighted by Gasteiger charge is -2.22. The molecule has 0 spiro atoms. The van der Waals surface area contributed by atoms with Crippen LogP contribution in [0.5, 0.6) is 0 Å². The highest BCUT2D eigenvalue weighted by molar-refractivity contribution is 8.00. The number of amides is 1. The Morgan fingerprint density at radius 3 is 2.72 bits per heavy atom. The van der Waals surface area contributed by atoms with Crippen molar-refractivity contribution < 1.29 is 14.7 Å². The Morgan fingerprint density at radius 2 is 2.17 bits per heavy atom. The first-order valence-electron chi connectivity index (χ1n) is 5.91. The molecule has 1 atom stereocenters. The molecule has 1 amide bonds. The third-order valence-electron chi connectivity index (χ3n) is 2.69. The van der Waals surface area contributed by atoms with Gasteiger partial charge in [-0.1, -0.05) is 0 Å². The third kappa shape index (κ3) is 5.43. The molecule has 1 fully saturated rings. The Balaban J connectivity index is 2.27. The van der Waals surface area contributed by atoms with Gasteiger partial charge >= 0.3 is 5.97 Å². The number of thioether (sulfide) groups is 1. The van der Waals surface area contributed by atoms with Crippen LogP contribution in [0.3, 0.4) is 0 Å². The zero-order chi connectivity index (χ0) is 13.4. The van der Waals surface area contributed by atoms with Crippen LogP contribution < -0.4 is 10.6 Å². The van der Waals surface area contributed by atoms with E-state index in [1.54, 1.807) is 11.8 Å². The average Bonchev–Trinajstić information content (AvgIpc) is 2.37. The summed E-state index contributed by atoms with van der Waals surface area (Å²) in [6.45, 7) is 1.96. The van der Waals surface area contributed by atoms with E-state index in [2.05, 4.69) is 16.6 Å². The first-order valence-corrected chi connectivity index (χ1v) is 6.96. The molecule has 1 rings (SSSR count). The number of aliphatic carboxylic acids is 1. The van der Waals surface area contributed by atoms with Crippen LogP contribution in [0.4, 0.5) is 0 Å². The van der Waals surface area contributed by atoms with Gasteiger partial charge in [-0.05, 0) is 25.9 Å². The number of hydrogen-bond acceptors (Lipinski definition) is 4. The summed E-state index contributed by atoms with van der Waals surface area (Å²) in [7, 11) is 0. The minimum atomic E-state index is -1.09. The molecule has 100 valence electrons. The molecule has 3 N–H and O–H groups in total. The Kier molecular flexibility index (Phi) is 6.61. The quantitative estimate of drug-likeness (QED) is 0.595. The number of carboxylic acid groups (broad SMARTS) is 1. The van der Waals surface area contributed by atoms with Crippen molar-refractivity contribution in [3.05, 3.63) is 0 Å². The molecule has 0 aromatic carbocycles. The van der Waals surface area contributed by atoms with E-state index in [0.717, 1.165) is 25.9 Å². The van der Waals surface area contributed by atoms with Gasteiger partial charge in [0, 0.05) is 11.7 Å². The summed E-state index contributed by atoms with van der Waals surface area (Å²) in [4.78, 5) is 22.4. The zero-order valence-electron chi connectivity index (χ0n) is 10.1. The first kappa shape index (κ1) is 14.9. The lowest BCUT2D eigenvalue weighted by Crippen LogP contribution is -2.41. The predicted octanol–water partition coefficient (Wildman–Crippen LogP) is 0.0643. The van der Waals surface area contributed by atoms with Crippen molar-refractivity contribution in [2.75, 3.05) is 18.8 Å². The van der Waals surface area contributed by atoms with Crippen LogP contribution in [0.15, 0.2) is 0 Å². The third-order valence-corrected chi connectivity index (χ3v) is 4.06. The van der Waals surface area contributed by atoms with Crippen LogP contribution >= 0.6 is 11.8 Å². The number of rotatable bonds is 6. The summed E-state index contributed by atoms with van der Waals surface area (Å²) in [5.74, 6) is 1.19. The maximum atomic E-state index is 11.6. The summed E-state index contributed by atoms with van der Waals surface area (Å²) in [5, 5.41) is 15.0. The van der Waals surface area contributed by atoms with E-state index in [4.69, 9.17) is 11.5 Å².